The summed E-state index contributed by atoms with van der Waals surface area (Å²) in [7, 11) is -4.38. The summed E-state index contributed by atoms with van der Waals surface area (Å²) >= 11 is 1.00. The third kappa shape index (κ3) is 4.73. The standard InChI is InChI=1S/C22H15FN2O6S2/c23-14-5-9-16(10-6-14)31-19-4-2-1-3-18(19)20-13-24-21(32-20)22(26)33(29,30)17-11-7-15(8-12-17)25(27)28/h1-13,21,24H. The minimum absolute atomic E-state index is 0.281. The Labute approximate surface area is 192 Å². The van der Waals surface area contributed by atoms with Gasteiger partial charge in [-0.05, 0) is 42.5 Å². The average molecular weight is 487 g/mol. The van der Waals surface area contributed by atoms with Crippen LogP contribution in [0.1, 0.15) is 5.56 Å². The van der Waals surface area contributed by atoms with Gasteiger partial charge in [-0.15, -0.1) is 0 Å². The molecule has 1 atom stereocenters. The Balaban J connectivity index is 1.52. The van der Waals surface area contributed by atoms with Crippen LogP contribution >= 0.6 is 11.8 Å². The molecule has 1 heterocycles. The topological polar surface area (TPSA) is 116 Å². The molecular formula is C22H15FN2O6S2. The lowest BCUT2D eigenvalue weighted by atomic mass is 10.2. The quantitative estimate of drug-likeness (QED) is 0.400. The van der Waals surface area contributed by atoms with Gasteiger partial charge in [0.2, 0.25) is 9.84 Å². The number of thioether (sulfide) groups is 1. The summed E-state index contributed by atoms with van der Waals surface area (Å²) in [5.41, 5.74) is 0.332. The second-order valence-electron chi connectivity index (χ2n) is 6.80. The van der Waals surface area contributed by atoms with E-state index in [0.29, 0.717) is 22.0 Å². The lowest BCUT2D eigenvalue weighted by Gasteiger charge is -2.13. The maximum absolute atomic E-state index is 13.2. The van der Waals surface area contributed by atoms with Crippen molar-refractivity contribution in [3.8, 4) is 11.5 Å². The predicted octanol–water partition coefficient (Wildman–Crippen LogP) is 4.49. The Morgan fingerprint density at radius 3 is 2.36 bits per heavy atom. The van der Waals surface area contributed by atoms with Gasteiger partial charge >= 0.3 is 0 Å². The van der Waals surface area contributed by atoms with E-state index in [-0.39, 0.29) is 10.6 Å². The van der Waals surface area contributed by atoms with Crippen LogP contribution in [0.15, 0.2) is 83.9 Å². The van der Waals surface area contributed by atoms with Crippen LogP contribution in [0.4, 0.5) is 10.1 Å². The van der Waals surface area contributed by atoms with Crippen LogP contribution in [0.3, 0.4) is 0 Å². The molecule has 0 aromatic heterocycles. The number of rotatable bonds is 6. The number of nitrogens with one attached hydrogen (secondary N) is 1. The molecule has 3 aromatic carbocycles. The largest absolute Gasteiger partial charge is 0.457 e. The van der Waals surface area contributed by atoms with Crippen LogP contribution in [0.5, 0.6) is 11.5 Å². The van der Waals surface area contributed by atoms with Crippen molar-refractivity contribution in [2.24, 2.45) is 0 Å². The lowest BCUT2D eigenvalue weighted by Crippen LogP contribution is -2.33. The molecule has 168 valence electrons. The van der Waals surface area contributed by atoms with Crippen LogP contribution in [0, 0.1) is 15.9 Å². The number of hydrogen-bond donors (Lipinski definition) is 1. The molecule has 1 aliphatic rings. The SMILES string of the molecule is O=C(C1NC=C(c2ccccc2Oc2ccc(F)cc2)S1)S(=O)(=O)c1ccc([N+](=O)[O-])cc1. The number of benzene rings is 3. The van der Waals surface area contributed by atoms with Crippen molar-refractivity contribution in [2.45, 2.75) is 10.3 Å². The normalized spacial score (nSPS) is 15.4. The first-order valence-electron chi connectivity index (χ1n) is 9.45. The van der Waals surface area contributed by atoms with E-state index in [9.17, 15) is 27.7 Å². The smallest absolute Gasteiger partial charge is 0.283 e. The Kier molecular flexibility index (Phi) is 6.16. The molecule has 8 nitrogen and oxygen atoms in total. The first-order valence-corrected chi connectivity index (χ1v) is 11.8. The fraction of sp³-hybridized carbons (Fsp3) is 0.0455. The molecule has 0 amide bonds. The number of nitro groups is 1. The van der Waals surface area contributed by atoms with E-state index in [2.05, 4.69) is 5.32 Å². The summed E-state index contributed by atoms with van der Waals surface area (Å²) < 4.78 is 44.4. The summed E-state index contributed by atoms with van der Waals surface area (Å²) in [6, 6.07) is 16.6. The van der Waals surface area contributed by atoms with E-state index < -0.39 is 31.1 Å². The Hall–Kier alpha value is -3.70. The monoisotopic (exact) mass is 486 g/mol. The molecule has 11 heteroatoms. The van der Waals surface area contributed by atoms with E-state index in [4.69, 9.17) is 4.74 Å². The van der Waals surface area contributed by atoms with Crippen molar-refractivity contribution in [3.63, 3.8) is 0 Å². The highest BCUT2D eigenvalue weighted by atomic mass is 32.2. The predicted molar refractivity (Wildman–Crippen MR) is 121 cm³/mol. The van der Waals surface area contributed by atoms with Gasteiger partial charge in [0.05, 0.1) is 9.82 Å². The number of nitrogens with zero attached hydrogens (tertiary/aromatic N) is 1. The first-order chi connectivity index (χ1) is 15.8. The number of ether oxygens (including phenoxy) is 1. The van der Waals surface area contributed by atoms with Crippen LogP contribution in [0.2, 0.25) is 0 Å². The zero-order valence-corrected chi connectivity index (χ0v) is 18.3. The third-order valence-electron chi connectivity index (χ3n) is 4.64. The van der Waals surface area contributed by atoms with Crippen molar-refractivity contribution < 1.29 is 27.3 Å². The van der Waals surface area contributed by atoms with Crippen LogP contribution < -0.4 is 10.1 Å². The zero-order valence-electron chi connectivity index (χ0n) is 16.7. The third-order valence-corrected chi connectivity index (χ3v) is 7.63. The van der Waals surface area contributed by atoms with Crippen LogP contribution in [-0.4, -0.2) is 23.8 Å². The van der Waals surface area contributed by atoms with E-state index >= 15 is 0 Å². The van der Waals surface area contributed by atoms with E-state index in [1.54, 1.807) is 24.3 Å². The summed E-state index contributed by atoms with van der Waals surface area (Å²) in [4.78, 5) is 23.1. The Morgan fingerprint density at radius 2 is 1.70 bits per heavy atom. The summed E-state index contributed by atoms with van der Waals surface area (Å²) in [6.45, 7) is 0. The molecule has 33 heavy (non-hydrogen) atoms. The highest BCUT2D eigenvalue weighted by molar-refractivity contribution is 8.14. The van der Waals surface area contributed by atoms with Crippen molar-refractivity contribution >= 4 is 37.3 Å². The molecule has 4 rings (SSSR count). The van der Waals surface area contributed by atoms with Gasteiger partial charge in [-0.1, -0.05) is 30.0 Å². The maximum Gasteiger partial charge on any atom is 0.283 e. The molecule has 3 aromatic rings. The number of hydrogen-bond acceptors (Lipinski definition) is 8. The number of carbonyl (C=O) groups excluding carboxylic acids is 1. The van der Waals surface area contributed by atoms with Gasteiger partial charge in [0.1, 0.15) is 17.3 Å². The highest BCUT2D eigenvalue weighted by Crippen LogP contribution is 2.41. The van der Waals surface area contributed by atoms with Crippen molar-refractivity contribution in [1.29, 1.82) is 0 Å². The number of para-hydroxylation sites is 1. The van der Waals surface area contributed by atoms with E-state index in [1.807, 2.05) is 0 Å². The Bertz CT molecular complexity index is 1360. The molecule has 0 fully saturated rings. The summed E-state index contributed by atoms with van der Waals surface area (Å²) in [5.74, 6) is 0.453. The molecule has 0 spiro atoms. The molecule has 0 radical (unpaired) electrons. The lowest BCUT2D eigenvalue weighted by molar-refractivity contribution is -0.384. The van der Waals surface area contributed by atoms with Gasteiger partial charge in [-0.2, -0.15) is 0 Å². The second kappa shape index (κ2) is 9.04. The molecule has 0 saturated heterocycles. The molecule has 0 bridgehead atoms. The zero-order chi connectivity index (χ0) is 23.6. The molecule has 0 saturated carbocycles. The van der Waals surface area contributed by atoms with Crippen molar-refractivity contribution in [3.05, 3.63) is 100 Å². The van der Waals surface area contributed by atoms with E-state index in [1.165, 1.54) is 30.5 Å². The van der Waals surface area contributed by atoms with Crippen molar-refractivity contribution in [1.82, 2.24) is 5.32 Å². The number of sulfone groups is 1. The molecule has 0 aliphatic carbocycles. The van der Waals surface area contributed by atoms with Gasteiger partial charge in [-0.25, -0.2) is 12.8 Å². The van der Waals surface area contributed by atoms with Crippen LogP contribution in [-0.2, 0) is 14.6 Å². The van der Waals surface area contributed by atoms with Crippen molar-refractivity contribution in [2.75, 3.05) is 0 Å². The van der Waals surface area contributed by atoms with Gasteiger partial charge < -0.3 is 10.1 Å². The number of halogens is 1. The van der Waals surface area contributed by atoms with Crippen LogP contribution in [0.25, 0.3) is 4.91 Å². The minimum atomic E-state index is -4.38. The maximum atomic E-state index is 13.2. The molecular weight excluding hydrogens is 471 g/mol. The fourth-order valence-electron chi connectivity index (χ4n) is 3.00. The average Bonchev–Trinajstić information content (AvgIpc) is 3.30. The summed E-state index contributed by atoms with van der Waals surface area (Å²) in [5, 5.41) is 11.4. The Morgan fingerprint density at radius 1 is 1.03 bits per heavy atom. The summed E-state index contributed by atoms with van der Waals surface area (Å²) in [6.07, 6.45) is 1.52. The van der Waals surface area contributed by atoms with Gasteiger partial charge in [0.15, 0.2) is 5.37 Å². The second-order valence-corrected chi connectivity index (χ2v) is 9.83. The highest BCUT2D eigenvalue weighted by Gasteiger charge is 2.36. The molecule has 1 aliphatic heterocycles. The number of non-ortho nitro benzene ring substituents is 1. The van der Waals surface area contributed by atoms with Gasteiger partial charge in [0.25, 0.3) is 10.8 Å². The minimum Gasteiger partial charge on any atom is -0.457 e. The molecule has 1 N–H and O–H groups in total. The first kappa shape index (κ1) is 22.5. The van der Waals surface area contributed by atoms with E-state index in [0.717, 1.165) is 36.0 Å². The number of nitro benzene ring substituents is 1. The fourth-order valence-corrected chi connectivity index (χ4v) is 5.52. The molecule has 1 unspecified atom stereocenters. The number of carbonyl (C=O) groups is 1. The van der Waals surface area contributed by atoms with Gasteiger partial charge in [0, 0.05) is 28.8 Å². The van der Waals surface area contributed by atoms with Gasteiger partial charge in [-0.3, -0.25) is 14.9 Å².